The first-order chi connectivity index (χ1) is 9.19. The molecule has 19 heavy (non-hydrogen) atoms. The van der Waals surface area contributed by atoms with Crippen molar-refractivity contribution in [3.63, 3.8) is 0 Å². The lowest BCUT2D eigenvalue weighted by atomic mass is 10.2. The molecule has 0 aliphatic rings. The van der Waals surface area contributed by atoms with E-state index in [2.05, 4.69) is 22.0 Å². The summed E-state index contributed by atoms with van der Waals surface area (Å²) in [7, 11) is 0. The largest absolute Gasteiger partial charge is 0.352 e. The molecule has 1 amide bonds. The van der Waals surface area contributed by atoms with Crippen molar-refractivity contribution in [2.24, 2.45) is 5.84 Å². The lowest BCUT2D eigenvalue weighted by molar-refractivity contribution is 0.0953. The van der Waals surface area contributed by atoms with E-state index in [4.69, 9.17) is 5.84 Å². The van der Waals surface area contributed by atoms with Gasteiger partial charge in [-0.25, -0.2) is 0 Å². The summed E-state index contributed by atoms with van der Waals surface area (Å²) in [6.45, 7) is 2.54. The third kappa shape index (κ3) is 5.48. The van der Waals surface area contributed by atoms with Crippen LogP contribution in [-0.2, 0) is 0 Å². The summed E-state index contributed by atoms with van der Waals surface area (Å²) in [4.78, 5) is 16.1. The zero-order chi connectivity index (χ0) is 14.1. The summed E-state index contributed by atoms with van der Waals surface area (Å²) < 4.78 is 0. The molecule has 6 heteroatoms. The van der Waals surface area contributed by atoms with Gasteiger partial charge in [0.25, 0.3) is 5.91 Å². The SMILES string of the molecule is CSCCCCCNC(=O)c1cnc(C)cc1NN. The highest BCUT2D eigenvalue weighted by atomic mass is 32.2. The number of carbonyl (C=O) groups is 1. The fraction of sp³-hybridized carbons (Fsp3) is 0.538. The highest BCUT2D eigenvalue weighted by molar-refractivity contribution is 7.98. The van der Waals surface area contributed by atoms with Crippen molar-refractivity contribution in [1.29, 1.82) is 0 Å². The number of nitrogen functional groups attached to an aromatic ring is 1. The maximum Gasteiger partial charge on any atom is 0.255 e. The van der Waals surface area contributed by atoms with E-state index in [1.54, 1.807) is 12.3 Å². The Kier molecular flexibility index (Phi) is 7.28. The molecule has 0 spiro atoms. The topological polar surface area (TPSA) is 80.0 Å². The second-order valence-electron chi connectivity index (χ2n) is 4.32. The lowest BCUT2D eigenvalue weighted by Crippen LogP contribution is -2.26. The molecule has 1 rings (SSSR count). The molecule has 0 saturated carbocycles. The number of nitrogens with zero attached hydrogens (tertiary/aromatic N) is 1. The molecule has 0 unspecified atom stereocenters. The summed E-state index contributed by atoms with van der Waals surface area (Å²) in [6.07, 6.45) is 6.98. The number of hydrogen-bond acceptors (Lipinski definition) is 5. The Bertz CT molecular complexity index is 412. The Morgan fingerprint density at radius 2 is 2.21 bits per heavy atom. The number of pyridine rings is 1. The van der Waals surface area contributed by atoms with Crippen molar-refractivity contribution in [1.82, 2.24) is 10.3 Å². The van der Waals surface area contributed by atoms with Crippen molar-refractivity contribution in [3.8, 4) is 0 Å². The van der Waals surface area contributed by atoms with Crippen LogP contribution in [0.2, 0.25) is 0 Å². The van der Waals surface area contributed by atoms with Crippen LogP contribution in [0.25, 0.3) is 0 Å². The fourth-order valence-corrected chi connectivity index (χ4v) is 2.20. The average Bonchev–Trinajstić information content (AvgIpc) is 2.42. The minimum Gasteiger partial charge on any atom is -0.352 e. The van der Waals surface area contributed by atoms with E-state index < -0.39 is 0 Å². The van der Waals surface area contributed by atoms with Crippen LogP contribution in [0.15, 0.2) is 12.3 Å². The van der Waals surface area contributed by atoms with E-state index in [1.165, 1.54) is 12.2 Å². The molecule has 1 heterocycles. The minimum atomic E-state index is -0.134. The van der Waals surface area contributed by atoms with Gasteiger partial charge in [-0.1, -0.05) is 6.42 Å². The first-order valence-electron chi connectivity index (χ1n) is 6.39. The van der Waals surface area contributed by atoms with Crippen LogP contribution in [-0.4, -0.2) is 29.4 Å². The monoisotopic (exact) mass is 282 g/mol. The normalized spacial score (nSPS) is 10.3. The number of rotatable bonds is 8. The second kappa shape index (κ2) is 8.77. The van der Waals surface area contributed by atoms with Crippen molar-refractivity contribution >= 4 is 23.4 Å². The molecule has 1 aromatic heterocycles. The van der Waals surface area contributed by atoms with Gasteiger partial charge in [-0.2, -0.15) is 11.8 Å². The van der Waals surface area contributed by atoms with E-state index in [0.29, 0.717) is 17.8 Å². The van der Waals surface area contributed by atoms with Gasteiger partial charge >= 0.3 is 0 Å². The Labute approximate surface area is 118 Å². The summed E-state index contributed by atoms with van der Waals surface area (Å²) in [5.41, 5.74) is 4.44. The Morgan fingerprint density at radius 3 is 2.89 bits per heavy atom. The molecule has 0 bridgehead atoms. The van der Waals surface area contributed by atoms with Crippen molar-refractivity contribution in [2.45, 2.75) is 26.2 Å². The van der Waals surface area contributed by atoms with E-state index in [1.807, 2.05) is 18.7 Å². The summed E-state index contributed by atoms with van der Waals surface area (Å²) >= 11 is 1.85. The number of carbonyl (C=O) groups excluding carboxylic acids is 1. The van der Waals surface area contributed by atoms with Crippen molar-refractivity contribution < 1.29 is 4.79 Å². The third-order valence-electron chi connectivity index (χ3n) is 2.75. The lowest BCUT2D eigenvalue weighted by Gasteiger charge is -2.09. The molecule has 0 radical (unpaired) electrons. The number of anilines is 1. The maximum absolute atomic E-state index is 12.0. The molecular formula is C13H22N4OS. The number of nitrogens with two attached hydrogens (primary N) is 1. The van der Waals surface area contributed by atoms with Gasteiger partial charge in [0.2, 0.25) is 0 Å². The molecule has 5 nitrogen and oxygen atoms in total. The van der Waals surface area contributed by atoms with Crippen LogP contribution in [0.4, 0.5) is 5.69 Å². The van der Waals surface area contributed by atoms with Gasteiger partial charge in [0, 0.05) is 18.4 Å². The van der Waals surface area contributed by atoms with Crippen LogP contribution in [0.1, 0.15) is 35.3 Å². The van der Waals surface area contributed by atoms with Crippen LogP contribution < -0.4 is 16.6 Å². The van der Waals surface area contributed by atoms with Gasteiger partial charge in [-0.15, -0.1) is 0 Å². The second-order valence-corrected chi connectivity index (χ2v) is 5.31. The molecule has 4 N–H and O–H groups in total. The summed E-state index contributed by atoms with van der Waals surface area (Å²) in [5, 5.41) is 2.89. The Morgan fingerprint density at radius 1 is 1.42 bits per heavy atom. The number of aromatic nitrogens is 1. The van der Waals surface area contributed by atoms with Gasteiger partial charge in [0.15, 0.2) is 0 Å². The molecule has 0 aromatic carbocycles. The van der Waals surface area contributed by atoms with Gasteiger partial charge in [-0.05, 0) is 37.8 Å². The number of hydrogen-bond donors (Lipinski definition) is 3. The molecule has 0 atom stereocenters. The zero-order valence-electron chi connectivity index (χ0n) is 11.5. The van der Waals surface area contributed by atoms with Gasteiger partial charge in [0.05, 0.1) is 11.3 Å². The predicted octanol–water partition coefficient (Wildman–Crippen LogP) is 1.94. The standard InChI is InChI=1S/C13H22N4OS/c1-10-8-12(17-14)11(9-16-10)13(18)15-6-4-3-5-7-19-2/h8-9H,3-7,14H2,1-2H3,(H,15,18)(H,16,17). The smallest absolute Gasteiger partial charge is 0.255 e. The highest BCUT2D eigenvalue weighted by Gasteiger charge is 2.11. The molecular weight excluding hydrogens is 260 g/mol. The van der Waals surface area contributed by atoms with Gasteiger partial charge in [0.1, 0.15) is 0 Å². The van der Waals surface area contributed by atoms with Crippen molar-refractivity contribution in [2.75, 3.05) is 24.0 Å². The van der Waals surface area contributed by atoms with Gasteiger partial charge in [-0.3, -0.25) is 15.6 Å². The average molecular weight is 282 g/mol. The number of unbranched alkanes of at least 4 members (excludes halogenated alkanes) is 2. The van der Waals surface area contributed by atoms with E-state index in [-0.39, 0.29) is 5.91 Å². The number of amides is 1. The maximum atomic E-state index is 12.0. The molecule has 1 aromatic rings. The Balaban J connectivity index is 2.41. The highest BCUT2D eigenvalue weighted by Crippen LogP contribution is 2.14. The molecule has 0 fully saturated rings. The number of hydrazine groups is 1. The third-order valence-corrected chi connectivity index (χ3v) is 3.45. The van der Waals surface area contributed by atoms with Crippen LogP contribution in [0.5, 0.6) is 0 Å². The quantitative estimate of drug-likeness (QED) is 0.386. The van der Waals surface area contributed by atoms with Gasteiger partial charge < -0.3 is 10.7 Å². The summed E-state index contributed by atoms with van der Waals surface area (Å²) in [6, 6.07) is 1.76. The Hall–Kier alpha value is -1.27. The van der Waals surface area contributed by atoms with E-state index >= 15 is 0 Å². The van der Waals surface area contributed by atoms with Crippen LogP contribution in [0.3, 0.4) is 0 Å². The number of aryl methyl sites for hydroxylation is 1. The molecule has 106 valence electrons. The number of nitrogens with one attached hydrogen (secondary N) is 2. The molecule has 0 aliphatic carbocycles. The van der Waals surface area contributed by atoms with Crippen molar-refractivity contribution in [3.05, 3.63) is 23.5 Å². The summed E-state index contributed by atoms with van der Waals surface area (Å²) in [5.74, 6) is 6.45. The first-order valence-corrected chi connectivity index (χ1v) is 7.78. The number of thioether (sulfide) groups is 1. The molecule has 0 saturated heterocycles. The van der Waals surface area contributed by atoms with E-state index in [9.17, 15) is 4.79 Å². The minimum absolute atomic E-state index is 0.134. The van der Waals surface area contributed by atoms with E-state index in [0.717, 1.165) is 18.5 Å². The van der Waals surface area contributed by atoms with Crippen LogP contribution in [0, 0.1) is 6.92 Å². The predicted molar refractivity (Wildman–Crippen MR) is 81.4 cm³/mol. The first kappa shape index (κ1) is 15.8. The fourth-order valence-electron chi connectivity index (χ4n) is 1.71. The zero-order valence-corrected chi connectivity index (χ0v) is 12.3. The van der Waals surface area contributed by atoms with Crippen LogP contribution >= 0.6 is 11.8 Å². The molecule has 0 aliphatic heterocycles.